The number of ketones is 1. The van der Waals surface area contributed by atoms with Gasteiger partial charge in [-0.1, -0.05) is 18.1 Å². The fourth-order valence-electron chi connectivity index (χ4n) is 7.73. The summed E-state index contributed by atoms with van der Waals surface area (Å²) < 4.78 is 0. The Morgan fingerprint density at radius 1 is 1.33 bits per heavy atom. The maximum atomic E-state index is 12.1. The molecule has 0 radical (unpaired) electrons. The van der Waals surface area contributed by atoms with Gasteiger partial charge in [-0.15, -0.1) is 0 Å². The second kappa shape index (κ2) is 9.03. The molecule has 6 atom stereocenters. The zero-order valence-electron chi connectivity index (χ0n) is 20.0. The van der Waals surface area contributed by atoms with Crippen molar-refractivity contribution in [3.63, 3.8) is 0 Å². The summed E-state index contributed by atoms with van der Waals surface area (Å²) in [5.74, 6) is 4.56. The van der Waals surface area contributed by atoms with Crippen molar-refractivity contribution in [2.45, 2.75) is 77.7 Å². The summed E-state index contributed by atoms with van der Waals surface area (Å²) in [6.07, 6.45) is 9.99. The molecule has 2 aliphatic heterocycles. The Balaban J connectivity index is 1.38. The highest BCUT2D eigenvalue weighted by Crippen LogP contribution is 2.58. The van der Waals surface area contributed by atoms with E-state index in [-0.39, 0.29) is 5.54 Å². The number of allylic oxidation sites excluding steroid dienone is 2. The molecular weight excluding hydrogens is 370 g/mol. The second-order valence-corrected chi connectivity index (χ2v) is 11.5. The predicted octanol–water partition coefficient (Wildman–Crippen LogP) is 4.10. The highest BCUT2D eigenvalue weighted by Gasteiger charge is 2.55. The van der Waals surface area contributed by atoms with Crippen molar-refractivity contribution in [1.82, 2.24) is 9.80 Å². The van der Waals surface area contributed by atoms with E-state index in [1.807, 2.05) is 5.57 Å². The Bertz CT molecular complexity index is 673. The number of likely N-dealkylation sites (N-methyl/N-ethyl adjacent to an activating group) is 1. The fourth-order valence-corrected chi connectivity index (χ4v) is 7.73. The lowest BCUT2D eigenvalue weighted by atomic mass is 9.66. The van der Waals surface area contributed by atoms with Crippen LogP contribution in [-0.2, 0) is 4.79 Å². The van der Waals surface area contributed by atoms with E-state index in [1.54, 1.807) is 5.57 Å². The minimum atomic E-state index is 0.263. The van der Waals surface area contributed by atoms with E-state index in [1.165, 1.54) is 45.1 Å². The summed E-state index contributed by atoms with van der Waals surface area (Å²) in [6.45, 7) is 12.1. The number of hydrogen-bond donors (Lipinski definition) is 1. The molecule has 2 unspecified atom stereocenters. The van der Waals surface area contributed by atoms with Crippen LogP contribution in [0.25, 0.3) is 0 Å². The molecule has 0 aromatic carbocycles. The van der Waals surface area contributed by atoms with Crippen LogP contribution in [0.1, 0.15) is 72.1 Å². The van der Waals surface area contributed by atoms with E-state index in [2.05, 4.69) is 37.6 Å². The molecule has 170 valence electrons. The molecule has 2 saturated heterocycles. The summed E-state index contributed by atoms with van der Waals surface area (Å²) in [5, 5.41) is 0. The van der Waals surface area contributed by atoms with E-state index < -0.39 is 0 Å². The van der Waals surface area contributed by atoms with Gasteiger partial charge >= 0.3 is 0 Å². The first-order chi connectivity index (χ1) is 14.3. The lowest BCUT2D eigenvalue weighted by Crippen LogP contribution is -2.61. The first kappa shape index (κ1) is 22.5. The predicted molar refractivity (Wildman–Crippen MR) is 124 cm³/mol. The fraction of sp³-hybridized carbons (Fsp3) is 0.885. The monoisotopic (exact) mass is 415 g/mol. The van der Waals surface area contributed by atoms with Gasteiger partial charge in [0.25, 0.3) is 0 Å². The number of hydrogen-bond acceptors (Lipinski definition) is 4. The number of rotatable bonds is 7. The maximum Gasteiger partial charge on any atom is 0.146 e. The Hall–Kier alpha value is -0.710. The van der Waals surface area contributed by atoms with Gasteiger partial charge in [-0.2, -0.15) is 0 Å². The van der Waals surface area contributed by atoms with Gasteiger partial charge in [-0.3, -0.25) is 9.69 Å². The molecule has 3 fully saturated rings. The van der Waals surface area contributed by atoms with Crippen LogP contribution in [0.3, 0.4) is 0 Å². The van der Waals surface area contributed by atoms with Gasteiger partial charge in [0.05, 0.1) is 6.54 Å². The Kier molecular flexibility index (Phi) is 6.77. The summed E-state index contributed by atoms with van der Waals surface area (Å²) in [4.78, 5) is 17.0. The van der Waals surface area contributed by atoms with Gasteiger partial charge in [0.15, 0.2) is 0 Å². The van der Waals surface area contributed by atoms with Gasteiger partial charge in [0.2, 0.25) is 0 Å². The Labute approximate surface area is 184 Å². The van der Waals surface area contributed by atoms with Crippen molar-refractivity contribution in [2.24, 2.45) is 35.3 Å². The van der Waals surface area contributed by atoms with Gasteiger partial charge < -0.3 is 10.6 Å². The molecule has 4 rings (SSSR count). The standard InChI is InChI=1S/C26H45N3O/c1-18(16-28(4)12-10-27)5-6-20-13-19(2)23-15-25-22(24(23)14-20)8-11-29-17-21(30)7-9-26(25,29)3/h18,20,22,24-25H,5-17,27H2,1-4H3/t18-,20?,22?,24-,25-,26+/m0/s1. The van der Waals surface area contributed by atoms with Gasteiger partial charge in [0.1, 0.15) is 5.78 Å². The number of Topliss-reactive ketones (excluding diaryl/α,β-unsaturated/α-hetero) is 1. The van der Waals surface area contributed by atoms with Crippen LogP contribution < -0.4 is 5.73 Å². The summed E-state index contributed by atoms with van der Waals surface area (Å²) in [5.41, 5.74) is 9.52. The van der Waals surface area contributed by atoms with E-state index >= 15 is 0 Å². The number of fused-ring (bicyclic) bond motifs is 5. The molecule has 2 N–H and O–H groups in total. The van der Waals surface area contributed by atoms with Crippen molar-refractivity contribution in [1.29, 1.82) is 0 Å². The number of carbonyl (C=O) groups is 1. The lowest BCUT2D eigenvalue weighted by molar-refractivity contribution is -0.132. The molecule has 4 aliphatic rings. The van der Waals surface area contributed by atoms with E-state index in [0.29, 0.717) is 12.3 Å². The van der Waals surface area contributed by atoms with Crippen LogP contribution in [-0.4, -0.2) is 60.9 Å². The van der Waals surface area contributed by atoms with E-state index in [4.69, 9.17) is 5.73 Å². The highest BCUT2D eigenvalue weighted by atomic mass is 16.1. The van der Waals surface area contributed by atoms with Crippen molar-refractivity contribution >= 4 is 5.78 Å². The number of carbonyl (C=O) groups excluding carboxylic acids is 1. The minimum Gasteiger partial charge on any atom is -0.329 e. The third-order valence-electron chi connectivity index (χ3n) is 9.38. The molecule has 4 nitrogen and oxygen atoms in total. The zero-order valence-corrected chi connectivity index (χ0v) is 20.0. The maximum absolute atomic E-state index is 12.1. The summed E-state index contributed by atoms with van der Waals surface area (Å²) in [7, 11) is 2.20. The molecule has 2 heterocycles. The van der Waals surface area contributed by atoms with Crippen LogP contribution in [0.5, 0.6) is 0 Å². The van der Waals surface area contributed by atoms with Crippen molar-refractivity contribution in [3.05, 3.63) is 11.1 Å². The van der Waals surface area contributed by atoms with E-state index in [0.717, 1.165) is 62.1 Å². The normalized spacial score (nSPS) is 37.9. The first-order valence-corrected chi connectivity index (χ1v) is 12.7. The van der Waals surface area contributed by atoms with Crippen LogP contribution in [0.4, 0.5) is 0 Å². The molecule has 0 amide bonds. The molecule has 0 aromatic rings. The largest absolute Gasteiger partial charge is 0.329 e. The van der Waals surface area contributed by atoms with Gasteiger partial charge in [-0.05, 0) is 102 Å². The van der Waals surface area contributed by atoms with Gasteiger partial charge in [0, 0.05) is 31.6 Å². The van der Waals surface area contributed by atoms with Crippen LogP contribution in [0.15, 0.2) is 11.1 Å². The third kappa shape index (κ3) is 4.29. The van der Waals surface area contributed by atoms with Crippen molar-refractivity contribution in [2.75, 3.05) is 39.8 Å². The molecule has 4 heteroatoms. The first-order valence-electron chi connectivity index (χ1n) is 12.7. The third-order valence-corrected chi connectivity index (χ3v) is 9.38. The number of piperidine rings is 2. The topological polar surface area (TPSA) is 49.6 Å². The van der Waals surface area contributed by atoms with E-state index in [9.17, 15) is 4.79 Å². The van der Waals surface area contributed by atoms with Gasteiger partial charge in [-0.25, -0.2) is 0 Å². The smallest absolute Gasteiger partial charge is 0.146 e. The molecule has 30 heavy (non-hydrogen) atoms. The lowest BCUT2D eigenvalue weighted by Gasteiger charge is -2.54. The molecule has 0 bridgehead atoms. The summed E-state index contributed by atoms with van der Waals surface area (Å²) >= 11 is 0. The SMILES string of the molecule is CC1=C2C[C@H]3C(CCN4CC(=O)CC[C@]34C)[C@@H]2CC(CC[C@H](C)CN(C)CCN)C1. The zero-order chi connectivity index (χ0) is 21.5. The van der Waals surface area contributed by atoms with Crippen LogP contribution >= 0.6 is 0 Å². The molecule has 1 saturated carbocycles. The number of nitrogens with two attached hydrogens (primary N) is 1. The van der Waals surface area contributed by atoms with Crippen LogP contribution in [0, 0.1) is 29.6 Å². The quantitative estimate of drug-likeness (QED) is 0.636. The average Bonchev–Trinajstić information content (AvgIpc) is 3.08. The second-order valence-electron chi connectivity index (χ2n) is 11.5. The molecule has 2 aliphatic carbocycles. The molecule has 0 spiro atoms. The highest BCUT2D eigenvalue weighted by molar-refractivity contribution is 5.81. The molecular formula is C26H45N3O. The molecule has 0 aromatic heterocycles. The Morgan fingerprint density at radius 2 is 2.13 bits per heavy atom. The number of nitrogens with zero attached hydrogens (tertiary/aromatic N) is 2. The van der Waals surface area contributed by atoms with Crippen molar-refractivity contribution < 1.29 is 4.79 Å². The summed E-state index contributed by atoms with van der Waals surface area (Å²) in [6, 6.07) is 0. The average molecular weight is 416 g/mol. The van der Waals surface area contributed by atoms with Crippen molar-refractivity contribution in [3.8, 4) is 0 Å². The van der Waals surface area contributed by atoms with Crippen LogP contribution in [0.2, 0.25) is 0 Å². The minimum absolute atomic E-state index is 0.263. The Morgan fingerprint density at radius 3 is 2.90 bits per heavy atom.